The van der Waals surface area contributed by atoms with Gasteiger partial charge in [0.15, 0.2) is 0 Å². The molecule has 2 aliphatic rings. The number of hydrogen-bond acceptors (Lipinski definition) is 4. The third-order valence-corrected chi connectivity index (χ3v) is 5.77. The van der Waals surface area contributed by atoms with Gasteiger partial charge >= 0.3 is 6.03 Å². The molecule has 1 unspecified atom stereocenters. The molecule has 184 valence electrons. The molecule has 2 aliphatic heterocycles. The number of phenols is 1. The molecule has 0 radical (unpaired) electrons. The number of carbonyl (C=O) groups is 2. The maximum Gasteiger partial charge on any atom is 0.322 e. The third-order valence-electron chi connectivity index (χ3n) is 5.24. The minimum absolute atomic E-state index is 0.312. The average Bonchev–Trinajstić information content (AvgIpc) is 3.34. The summed E-state index contributed by atoms with van der Waals surface area (Å²) in [7, 11) is 1.96. The summed E-state index contributed by atoms with van der Waals surface area (Å²) in [5.41, 5.74) is 5.10. The highest BCUT2D eigenvalue weighted by atomic mass is 32.1. The number of allylic oxidation sites excluding steroid dienone is 6. The number of thiocarbonyl (C=S) groups is 1. The van der Waals surface area contributed by atoms with Crippen LogP contribution >= 0.6 is 12.2 Å². The van der Waals surface area contributed by atoms with E-state index in [2.05, 4.69) is 10.6 Å². The Labute approximate surface area is 213 Å². The van der Waals surface area contributed by atoms with Gasteiger partial charge in [-0.2, -0.15) is 0 Å². The van der Waals surface area contributed by atoms with E-state index in [1.807, 2.05) is 100 Å². The summed E-state index contributed by atoms with van der Waals surface area (Å²) in [6.07, 6.45) is 9.98. The van der Waals surface area contributed by atoms with Crippen LogP contribution in [0.15, 0.2) is 72.8 Å². The van der Waals surface area contributed by atoms with E-state index in [4.69, 9.17) is 12.2 Å². The van der Waals surface area contributed by atoms with Gasteiger partial charge < -0.3 is 15.3 Å². The first-order chi connectivity index (χ1) is 16.8. The van der Waals surface area contributed by atoms with Crippen molar-refractivity contribution in [2.24, 2.45) is 0 Å². The number of fused-ring (bicyclic) bond motifs is 1. The van der Waals surface area contributed by atoms with Crippen LogP contribution in [0.3, 0.4) is 0 Å². The molecular weight excluding hydrogens is 458 g/mol. The summed E-state index contributed by atoms with van der Waals surface area (Å²) in [6.45, 7) is 8.74. The SMILES string of the molecule is CC.CN1Cc2cc(O)ccc2C1=S.C\C=C/C(=C\C=C\C)c1ccc(C2NC(=O)NC2=O)cc1. The predicted molar refractivity (Wildman–Crippen MR) is 146 cm³/mol. The first-order valence-corrected chi connectivity index (χ1v) is 12.0. The Morgan fingerprint density at radius 2 is 1.77 bits per heavy atom. The zero-order valence-corrected chi connectivity index (χ0v) is 21.6. The Morgan fingerprint density at radius 3 is 2.34 bits per heavy atom. The number of aromatic hydroxyl groups is 1. The largest absolute Gasteiger partial charge is 0.508 e. The molecule has 0 saturated carbocycles. The Kier molecular flexibility index (Phi) is 10.4. The molecule has 2 aromatic carbocycles. The van der Waals surface area contributed by atoms with Gasteiger partial charge in [0.05, 0.1) is 0 Å². The lowest BCUT2D eigenvalue weighted by molar-refractivity contribution is -0.120. The number of imide groups is 1. The quantitative estimate of drug-likeness (QED) is 0.293. The van der Waals surface area contributed by atoms with Crippen LogP contribution in [-0.4, -0.2) is 34.0 Å². The van der Waals surface area contributed by atoms with E-state index in [1.165, 1.54) is 0 Å². The molecule has 4 rings (SSSR count). The van der Waals surface area contributed by atoms with Crippen molar-refractivity contribution in [3.63, 3.8) is 0 Å². The fourth-order valence-electron chi connectivity index (χ4n) is 3.60. The second-order valence-electron chi connectivity index (χ2n) is 7.67. The topological polar surface area (TPSA) is 81.7 Å². The van der Waals surface area contributed by atoms with Gasteiger partial charge in [-0.1, -0.05) is 80.7 Å². The molecule has 6 nitrogen and oxygen atoms in total. The van der Waals surface area contributed by atoms with Crippen molar-refractivity contribution in [3.8, 4) is 5.75 Å². The molecule has 1 saturated heterocycles. The van der Waals surface area contributed by atoms with Gasteiger partial charge in [0.1, 0.15) is 16.8 Å². The standard InChI is InChI=1S/C17H18N2O2.C9H9NOS.C2H6/c1-3-5-7-12(6-4-2)13-8-10-14(11-9-13)15-16(20)19-17(21)18-15;1-10-5-6-4-7(11)2-3-8(6)9(10)12;1-2/h3-11,15H,1-2H3,(H2,18,19,20,21);2-4,11H,5H2,1H3;1-2H3/b5-3+,6-4-,12-7+;;. The number of benzene rings is 2. The Morgan fingerprint density at radius 1 is 1.09 bits per heavy atom. The highest BCUT2D eigenvalue weighted by Gasteiger charge is 2.30. The molecule has 0 aromatic heterocycles. The second-order valence-corrected chi connectivity index (χ2v) is 8.05. The molecule has 2 heterocycles. The second kappa shape index (κ2) is 13.2. The average molecular weight is 492 g/mol. The molecule has 3 amide bonds. The van der Waals surface area contributed by atoms with Gasteiger partial charge in [-0.3, -0.25) is 10.1 Å². The number of hydrogen-bond donors (Lipinski definition) is 3. The zero-order chi connectivity index (χ0) is 26.0. The zero-order valence-electron chi connectivity index (χ0n) is 20.8. The molecule has 3 N–H and O–H groups in total. The van der Waals surface area contributed by atoms with Gasteiger partial charge in [-0.15, -0.1) is 0 Å². The first-order valence-electron chi connectivity index (χ1n) is 11.6. The maximum atomic E-state index is 11.6. The summed E-state index contributed by atoms with van der Waals surface area (Å²) in [5, 5.41) is 14.0. The number of rotatable bonds is 4. The Hall–Kier alpha value is -3.71. The van der Waals surface area contributed by atoms with Gasteiger partial charge in [0, 0.05) is 19.2 Å². The fraction of sp³-hybridized carbons (Fsp3) is 0.250. The number of nitrogens with one attached hydrogen (secondary N) is 2. The van der Waals surface area contributed by atoms with E-state index in [0.29, 0.717) is 5.75 Å². The fourth-order valence-corrected chi connectivity index (χ4v) is 3.86. The number of urea groups is 1. The van der Waals surface area contributed by atoms with E-state index in [-0.39, 0.29) is 5.91 Å². The van der Waals surface area contributed by atoms with Gasteiger partial charge in [-0.25, -0.2) is 4.79 Å². The highest BCUT2D eigenvalue weighted by Crippen LogP contribution is 2.25. The highest BCUT2D eigenvalue weighted by molar-refractivity contribution is 7.80. The Bertz CT molecular complexity index is 1150. The lowest BCUT2D eigenvalue weighted by atomic mass is 10.00. The lowest BCUT2D eigenvalue weighted by Crippen LogP contribution is -2.22. The van der Waals surface area contributed by atoms with Crippen molar-refractivity contribution < 1.29 is 14.7 Å². The van der Waals surface area contributed by atoms with Crippen molar-refractivity contribution in [3.05, 3.63) is 95.1 Å². The molecule has 7 heteroatoms. The molecule has 0 bridgehead atoms. The van der Waals surface area contributed by atoms with Crippen molar-refractivity contribution in [1.29, 1.82) is 0 Å². The molecule has 1 atom stereocenters. The summed E-state index contributed by atoms with van der Waals surface area (Å²) in [4.78, 5) is 25.6. The van der Waals surface area contributed by atoms with E-state index >= 15 is 0 Å². The summed E-state index contributed by atoms with van der Waals surface area (Å²) in [5.74, 6) is -0.00210. The van der Waals surface area contributed by atoms with Crippen LogP contribution in [0, 0.1) is 0 Å². The summed E-state index contributed by atoms with van der Waals surface area (Å²) >= 11 is 5.18. The van der Waals surface area contributed by atoms with Crippen LogP contribution in [0.2, 0.25) is 0 Å². The molecule has 1 fully saturated rings. The van der Waals surface area contributed by atoms with Crippen LogP contribution in [0.25, 0.3) is 5.57 Å². The predicted octanol–water partition coefficient (Wildman–Crippen LogP) is 5.64. The minimum atomic E-state index is -0.601. The first kappa shape index (κ1) is 27.5. The number of amides is 3. The molecular formula is C28H33N3O3S. The van der Waals surface area contributed by atoms with Gasteiger partial charge in [-0.05, 0) is 54.3 Å². The normalized spacial score (nSPS) is 16.9. The van der Waals surface area contributed by atoms with Crippen LogP contribution in [-0.2, 0) is 11.3 Å². The van der Waals surface area contributed by atoms with Crippen LogP contribution in [0.4, 0.5) is 4.79 Å². The van der Waals surface area contributed by atoms with E-state index in [0.717, 1.165) is 39.4 Å². The summed E-state index contributed by atoms with van der Waals surface area (Å²) < 4.78 is 0. The third kappa shape index (κ3) is 7.13. The van der Waals surface area contributed by atoms with Gasteiger partial charge in [0.2, 0.25) is 0 Å². The van der Waals surface area contributed by atoms with E-state index in [1.54, 1.807) is 12.1 Å². The van der Waals surface area contributed by atoms with Crippen LogP contribution in [0.1, 0.15) is 56.0 Å². The number of phenolic OH excluding ortho intramolecular Hbond substituents is 1. The van der Waals surface area contributed by atoms with Crippen LogP contribution in [0.5, 0.6) is 5.75 Å². The van der Waals surface area contributed by atoms with Crippen molar-refractivity contribution in [2.45, 2.75) is 40.3 Å². The van der Waals surface area contributed by atoms with Crippen molar-refractivity contribution >= 4 is 34.7 Å². The van der Waals surface area contributed by atoms with Crippen molar-refractivity contribution in [1.82, 2.24) is 15.5 Å². The van der Waals surface area contributed by atoms with Crippen LogP contribution < -0.4 is 10.6 Å². The maximum absolute atomic E-state index is 11.6. The van der Waals surface area contributed by atoms with E-state index in [9.17, 15) is 14.7 Å². The molecule has 2 aromatic rings. The minimum Gasteiger partial charge on any atom is -0.508 e. The molecule has 0 aliphatic carbocycles. The number of nitrogens with zero attached hydrogens (tertiary/aromatic N) is 1. The van der Waals surface area contributed by atoms with Crippen molar-refractivity contribution in [2.75, 3.05) is 7.05 Å². The Balaban J connectivity index is 0.000000260. The van der Waals surface area contributed by atoms with E-state index < -0.39 is 12.1 Å². The lowest BCUT2D eigenvalue weighted by Gasteiger charge is -2.09. The summed E-state index contributed by atoms with van der Waals surface area (Å²) in [6, 6.07) is 11.9. The molecule has 0 spiro atoms. The smallest absolute Gasteiger partial charge is 0.322 e. The monoisotopic (exact) mass is 491 g/mol. The molecule has 35 heavy (non-hydrogen) atoms. The van der Waals surface area contributed by atoms with Gasteiger partial charge in [0.25, 0.3) is 5.91 Å². The number of carbonyl (C=O) groups excluding carboxylic acids is 2.